The lowest BCUT2D eigenvalue weighted by Gasteiger charge is -2.07. The van der Waals surface area contributed by atoms with Crippen LogP contribution in [0.1, 0.15) is 26.2 Å². The summed E-state index contributed by atoms with van der Waals surface area (Å²) in [6.45, 7) is 1.77. The topological polar surface area (TPSA) is 72.2 Å². The lowest BCUT2D eigenvalue weighted by Crippen LogP contribution is -2.31. The number of amides is 1. The first kappa shape index (κ1) is 11.1. The largest absolute Gasteiger partial charge is 0.359 e. The molecule has 0 aliphatic carbocycles. The standard InChI is InChI=1S/C8H16N2O2/c1-3-7(11)6(9)4-5-8(12)10-2/h6H,3-5,9H2,1-2H3,(H,10,12). The van der Waals surface area contributed by atoms with E-state index in [-0.39, 0.29) is 11.7 Å². The first-order valence-electron chi connectivity index (χ1n) is 4.10. The summed E-state index contributed by atoms with van der Waals surface area (Å²) in [5.41, 5.74) is 5.50. The van der Waals surface area contributed by atoms with Crippen molar-refractivity contribution >= 4 is 11.7 Å². The van der Waals surface area contributed by atoms with E-state index in [9.17, 15) is 9.59 Å². The molecule has 0 radical (unpaired) electrons. The summed E-state index contributed by atoms with van der Waals surface area (Å²) in [5.74, 6) is -0.0618. The lowest BCUT2D eigenvalue weighted by molar-refractivity contribution is -0.121. The Bertz CT molecular complexity index is 168. The van der Waals surface area contributed by atoms with Gasteiger partial charge in [0, 0.05) is 19.9 Å². The quantitative estimate of drug-likeness (QED) is 0.604. The molecule has 0 aromatic rings. The molecule has 0 aromatic carbocycles. The molecule has 70 valence electrons. The summed E-state index contributed by atoms with van der Waals surface area (Å²) < 4.78 is 0. The van der Waals surface area contributed by atoms with Gasteiger partial charge in [-0.25, -0.2) is 0 Å². The SMILES string of the molecule is CCC(=O)C(N)CCC(=O)NC. The van der Waals surface area contributed by atoms with Gasteiger partial charge < -0.3 is 11.1 Å². The first-order chi connectivity index (χ1) is 5.61. The number of ketones is 1. The van der Waals surface area contributed by atoms with Gasteiger partial charge in [0.05, 0.1) is 6.04 Å². The molecule has 0 aliphatic rings. The highest BCUT2D eigenvalue weighted by atomic mass is 16.1. The lowest BCUT2D eigenvalue weighted by atomic mass is 10.1. The Morgan fingerprint density at radius 2 is 2.08 bits per heavy atom. The van der Waals surface area contributed by atoms with Gasteiger partial charge >= 0.3 is 0 Å². The van der Waals surface area contributed by atoms with E-state index in [2.05, 4.69) is 5.32 Å². The molecule has 0 rings (SSSR count). The fraction of sp³-hybridized carbons (Fsp3) is 0.750. The fourth-order valence-corrected chi connectivity index (χ4v) is 0.835. The maximum absolute atomic E-state index is 11.0. The van der Waals surface area contributed by atoms with E-state index < -0.39 is 6.04 Å². The molecular weight excluding hydrogens is 156 g/mol. The minimum absolute atomic E-state index is 0.0129. The smallest absolute Gasteiger partial charge is 0.219 e. The van der Waals surface area contributed by atoms with Crippen LogP contribution in [0.25, 0.3) is 0 Å². The van der Waals surface area contributed by atoms with Crippen LogP contribution in [0.5, 0.6) is 0 Å². The molecule has 1 atom stereocenters. The monoisotopic (exact) mass is 172 g/mol. The summed E-state index contributed by atoms with van der Waals surface area (Å²) in [6.07, 6.45) is 1.20. The average molecular weight is 172 g/mol. The molecule has 4 nitrogen and oxygen atoms in total. The second-order valence-electron chi connectivity index (χ2n) is 2.64. The van der Waals surface area contributed by atoms with Gasteiger partial charge in [-0.05, 0) is 6.42 Å². The Labute approximate surface area is 72.5 Å². The predicted octanol–water partition coefficient (Wildman–Crippen LogP) is -0.181. The highest BCUT2D eigenvalue weighted by molar-refractivity contribution is 5.84. The Balaban J connectivity index is 3.63. The Morgan fingerprint density at radius 1 is 1.50 bits per heavy atom. The Morgan fingerprint density at radius 3 is 2.50 bits per heavy atom. The van der Waals surface area contributed by atoms with E-state index in [0.717, 1.165) is 0 Å². The summed E-state index contributed by atoms with van der Waals surface area (Å²) in [5, 5.41) is 2.47. The molecule has 3 N–H and O–H groups in total. The van der Waals surface area contributed by atoms with E-state index in [1.165, 1.54) is 0 Å². The fourth-order valence-electron chi connectivity index (χ4n) is 0.835. The first-order valence-corrected chi connectivity index (χ1v) is 4.10. The summed E-state index contributed by atoms with van der Waals surface area (Å²) in [6, 6.07) is -0.479. The molecule has 4 heteroatoms. The summed E-state index contributed by atoms with van der Waals surface area (Å²) in [7, 11) is 1.56. The number of nitrogens with two attached hydrogens (primary N) is 1. The van der Waals surface area contributed by atoms with E-state index in [1.54, 1.807) is 14.0 Å². The zero-order valence-electron chi connectivity index (χ0n) is 7.59. The molecule has 0 aliphatic heterocycles. The van der Waals surface area contributed by atoms with Crippen LogP contribution >= 0.6 is 0 Å². The molecule has 0 heterocycles. The minimum atomic E-state index is -0.479. The van der Waals surface area contributed by atoms with Gasteiger partial charge in [0.15, 0.2) is 0 Å². The van der Waals surface area contributed by atoms with E-state index in [4.69, 9.17) is 5.73 Å². The molecule has 12 heavy (non-hydrogen) atoms. The van der Waals surface area contributed by atoms with Crippen molar-refractivity contribution in [1.82, 2.24) is 5.32 Å². The number of hydrogen-bond acceptors (Lipinski definition) is 3. The van der Waals surface area contributed by atoms with E-state index in [0.29, 0.717) is 19.3 Å². The normalized spacial score (nSPS) is 12.2. The van der Waals surface area contributed by atoms with Crippen molar-refractivity contribution < 1.29 is 9.59 Å². The van der Waals surface area contributed by atoms with Gasteiger partial charge in [-0.15, -0.1) is 0 Å². The van der Waals surface area contributed by atoms with E-state index >= 15 is 0 Å². The molecule has 0 saturated carbocycles. The van der Waals surface area contributed by atoms with Crippen molar-refractivity contribution in [3.63, 3.8) is 0 Å². The van der Waals surface area contributed by atoms with Gasteiger partial charge in [-0.1, -0.05) is 6.92 Å². The second kappa shape index (κ2) is 5.71. The second-order valence-corrected chi connectivity index (χ2v) is 2.64. The van der Waals surface area contributed by atoms with Crippen LogP contribution in [-0.4, -0.2) is 24.8 Å². The van der Waals surface area contributed by atoms with Crippen LogP contribution in [0.15, 0.2) is 0 Å². The van der Waals surface area contributed by atoms with Crippen molar-refractivity contribution in [2.45, 2.75) is 32.2 Å². The number of carbonyl (C=O) groups is 2. The third-order valence-electron chi connectivity index (χ3n) is 1.72. The molecule has 0 bridgehead atoms. The third kappa shape index (κ3) is 4.08. The number of carbonyl (C=O) groups excluding carboxylic acids is 2. The summed E-state index contributed by atoms with van der Waals surface area (Å²) >= 11 is 0. The van der Waals surface area contributed by atoms with Crippen molar-refractivity contribution in [3.05, 3.63) is 0 Å². The maximum atomic E-state index is 11.0. The number of Topliss-reactive ketones (excluding diaryl/α,β-unsaturated/α-hetero) is 1. The van der Waals surface area contributed by atoms with Crippen molar-refractivity contribution in [2.24, 2.45) is 5.73 Å². The van der Waals surface area contributed by atoms with Crippen LogP contribution in [0, 0.1) is 0 Å². The molecule has 0 fully saturated rings. The third-order valence-corrected chi connectivity index (χ3v) is 1.72. The zero-order chi connectivity index (χ0) is 9.56. The minimum Gasteiger partial charge on any atom is -0.359 e. The predicted molar refractivity (Wildman–Crippen MR) is 46.6 cm³/mol. The van der Waals surface area contributed by atoms with Crippen molar-refractivity contribution in [2.75, 3.05) is 7.05 Å². The highest BCUT2D eigenvalue weighted by Gasteiger charge is 2.11. The summed E-state index contributed by atoms with van der Waals surface area (Å²) in [4.78, 5) is 21.7. The van der Waals surface area contributed by atoms with Gasteiger partial charge in [0.1, 0.15) is 5.78 Å². The number of rotatable bonds is 5. The van der Waals surface area contributed by atoms with Gasteiger partial charge in [0.25, 0.3) is 0 Å². The van der Waals surface area contributed by atoms with Crippen molar-refractivity contribution in [3.8, 4) is 0 Å². The van der Waals surface area contributed by atoms with Crippen LogP contribution in [0.3, 0.4) is 0 Å². The number of nitrogens with one attached hydrogen (secondary N) is 1. The zero-order valence-corrected chi connectivity index (χ0v) is 7.59. The molecule has 0 aromatic heterocycles. The van der Waals surface area contributed by atoms with Gasteiger partial charge in [-0.2, -0.15) is 0 Å². The van der Waals surface area contributed by atoms with Gasteiger partial charge in [-0.3, -0.25) is 9.59 Å². The van der Waals surface area contributed by atoms with Crippen LogP contribution in [0.2, 0.25) is 0 Å². The molecule has 0 spiro atoms. The van der Waals surface area contributed by atoms with Crippen LogP contribution in [-0.2, 0) is 9.59 Å². The van der Waals surface area contributed by atoms with Crippen molar-refractivity contribution in [1.29, 1.82) is 0 Å². The van der Waals surface area contributed by atoms with Crippen LogP contribution < -0.4 is 11.1 Å². The molecular formula is C8H16N2O2. The maximum Gasteiger partial charge on any atom is 0.219 e. The average Bonchev–Trinajstić information content (AvgIpc) is 2.11. The Hall–Kier alpha value is -0.900. The molecule has 1 unspecified atom stereocenters. The van der Waals surface area contributed by atoms with Crippen LogP contribution in [0.4, 0.5) is 0 Å². The Kier molecular flexibility index (Phi) is 5.28. The number of hydrogen-bond donors (Lipinski definition) is 2. The molecule has 1 amide bonds. The molecule has 0 saturated heterocycles. The van der Waals surface area contributed by atoms with Gasteiger partial charge in [0.2, 0.25) is 5.91 Å². The highest BCUT2D eigenvalue weighted by Crippen LogP contribution is 1.97. The van der Waals surface area contributed by atoms with E-state index in [1.807, 2.05) is 0 Å².